The zero-order valence-electron chi connectivity index (χ0n) is 14.8. The van der Waals surface area contributed by atoms with Crippen LogP contribution in [-0.4, -0.2) is 52.9 Å². The number of benzene rings is 2. The first-order chi connectivity index (χ1) is 12.9. The van der Waals surface area contributed by atoms with Gasteiger partial charge in [-0.2, -0.15) is 0 Å². The van der Waals surface area contributed by atoms with Gasteiger partial charge in [-0.25, -0.2) is 0 Å². The molecule has 2 aromatic carbocycles. The molecular formula is C20H25NO5. The minimum absolute atomic E-state index is 0.472. The minimum atomic E-state index is 0.472. The Balaban J connectivity index is 1.71. The summed E-state index contributed by atoms with van der Waals surface area (Å²) >= 11 is 0. The first-order valence-electron chi connectivity index (χ1n) is 8.87. The summed E-state index contributed by atoms with van der Waals surface area (Å²) in [6.07, 6.45) is 0. The highest BCUT2D eigenvalue weighted by atomic mass is 16.6. The summed E-state index contributed by atoms with van der Waals surface area (Å²) in [5.74, 6) is 1.54. The van der Waals surface area contributed by atoms with Gasteiger partial charge in [0, 0.05) is 0 Å². The second kappa shape index (κ2) is 10.7. The fourth-order valence-corrected chi connectivity index (χ4v) is 2.50. The lowest BCUT2D eigenvalue weighted by atomic mass is 10.2. The third-order valence-corrected chi connectivity index (χ3v) is 3.76. The molecule has 1 N–H and O–H groups in total. The molecule has 0 aliphatic carbocycles. The molecule has 140 valence electrons. The van der Waals surface area contributed by atoms with Crippen molar-refractivity contribution in [3.63, 3.8) is 0 Å². The second-order valence-electron chi connectivity index (χ2n) is 5.65. The number of anilines is 2. The molecule has 0 bridgehead atoms. The molecule has 0 spiro atoms. The number of para-hydroxylation sites is 4. The Hall–Kier alpha value is -2.28. The molecule has 0 atom stereocenters. The Morgan fingerprint density at radius 2 is 0.885 bits per heavy atom. The van der Waals surface area contributed by atoms with E-state index in [0.29, 0.717) is 52.9 Å². The minimum Gasteiger partial charge on any atom is -0.489 e. The Kier molecular flexibility index (Phi) is 7.58. The van der Waals surface area contributed by atoms with Crippen LogP contribution in [0.1, 0.15) is 0 Å². The van der Waals surface area contributed by atoms with Gasteiger partial charge in [-0.15, -0.1) is 0 Å². The summed E-state index contributed by atoms with van der Waals surface area (Å²) < 4.78 is 28.2. The maximum Gasteiger partial charge on any atom is 0.142 e. The van der Waals surface area contributed by atoms with Crippen molar-refractivity contribution in [2.75, 3.05) is 58.2 Å². The van der Waals surface area contributed by atoms with Crippen LogP contribution in [0.4, 0.5) is 11.4 Å². The Labute approximate surface area is 154 Å². The molecule has 0 fully saturated rings. The third-order valence-electron chi connectivity index (χ3n) is 3.76. The Morgan fingerprint density at radius 3 is 1.35 bits per heavy atom. The summed E-state index contributed by atoms with van der Waals surface area (Å²) in [6.45, 7) is 4.14. The normalized spacial score (nSPS) is 17.2. The molecule has 1 aliphatic heterocycles. The van der Waals surface area contributed by atoms with Crippen molar-refractivity contribution in [2.45, 2.75) is 0 Å². The highest BCUT2D eigenvalue weighted by Crippen LogP contribution is 2.32. The van der Waals surface area contributed by atoms with Gasteiger partial charge >= 0.3 is 0 Å². The van der Waals surface area contributed by atoms with Gasteiger partial charge in [0.2, 0.25) is 0 Å². The third kappa shape index (κ3) is 5.91. The van der Waals surface area contributed by atoms with Crippen molar-refractivity contribution in [1.29, 1.82) is 0 Å². The van der Waals surface area contributed by atoms with E-state index in [9.17, 15) is 0 Å². The van der Waals surface area contributed by atoms with Gasteiger partial charge in [0.05, 0.1) is 51.0 Å². The molecule has 6 heteroatoms. The van der Waals surface area contributed by atoms with Crippen LogP contribution in [-0.2, 0) is 14.2 Å². The Bertz CT molecular complexity index is 609. The van der Waals surface area contributed by atoms with Crippen molar-refractivity contribution in [2.24, 2.45) is 0 Å². The molecule has 0 aromatic heterocycles. The van der Waals surface area contributed by atoms with Crippen molar-refractivity contribution >= 4 is 11.4 Å². The molecular weight excluding hydrogens is 334 g/mol. The quantitative estimate of drug-likeness (QED) is 0.779. The van der Waals surface area contributed by atoms with Crippen LogP contribution in [0.5, 0.6) is 11.5 Å². The number of rotatable bonds is 0. The first-order valence-corrected chi connectivity index (χ1v) is 8.87. The standard InChI is InChI=1S/C20H25NO5/c1-3-7-19-17(5-1)21-18-6-2-4-8-20(18)26-16-14-24-12-10-22-9-11-23-13-15-25-19/h1-8,21H,9-16H2. The molecule has 0 saturated heterocycles. The zero-order chi connectivity index (χ0) is 17.9. The highest BCUT2D eigenvalue weighted by Gasteiger charge is 2.08. The lowest BCUT2D eigenvalue weighted by Crippen LogP contribution is -2.15. The molecule has 0 saturated carbocycles. The van der Waals surface area contributed by atoms with E-state index < -0.39 is 0 Å². The lowest BCUT2D eigenvalue weighted by Gasteiger charge is -2.16. The number of hydrogen-bond donors (Lipinski definition) is 1. The van der Waals surface area contributed by atoms with E-state index in [1.54, 1.807) is 0 Å². The summed E-state index contributed by atoms with van der Waals surface area (Å²) in [5.41, 5.74) is 1.76. The molecule has 3 rings (SSSR count). The van der Waals surface area contributed by atoms with Crippen LogP contribution in [0.25, 0.3) is 0 Å². The number of ether oxygens (including phenoxy) is 5. The molecule has 0 amide bonds. The molecule has 1 heterocycles. The van der Waals surface area contributed by atoms with Crippen molar-refractivity contribution < 1.29 is 23.7 Å². The largest absolute Gasteiger partial charge is 0.489 e. The average molecular weight is 359 g/mol. The van der Waals surface area contributed by atoms with Crippen LogP contribution in [0.15, 0.2) is 48.5 Å². The van der Waals surface area contributed by atoms with Gasteiger partial charge in [0.15, 0.2) is 0 Å². The van der Waals surface area contributed by atoms with E-state index in [0.717, 1.165) is 22.9 Å². The van der Waals surface area contributed by atoms with E-state index in [2.05, 4.69) is 5.32 Å². The van der Waals surface area contributed by atoms with Gasteiger partial charge in [0.25, 0.3) is 0 Å². The van der Waals surface area contributed by atoms with Crippen molar-refractivity contribution in [3.8, 4) is 11.5 Å². The molecule has 1 aliphatic rings. The smallest absolute Gasteiger partial charge is 0.142 e. The van der Waals surface area contributed by atoms with E-state index in [-0.39, 0.29) is 0 Å². The average Bonchev–Trinajstić information content (AvgIpc) is 2.67. The van der Waals surface area contributed by atoms with Crippen molar-refractivity contribution in [3.05, 3.63) is 48.5 Å². The predicted molar refractivity (Wildman–Crippen MR) is 99.6 cm³/mol. The predicted octanol–water partition coefficient (Wildman–Crippen LogP) is 3.25. The van der Waals surface area contributed by atoms with E-state index in [1.165, 1.54) is 0 Å². The first kappa shape index (κ1) is 18.5. The summed E-state index contributed by atoms with van der Waals surface area (Å²) in [6, 6.07) is 15.6. The zero-order valence-corrected chi connectivity index (χ0v) is 14.8. The topological polar surface area (TPSA) is 58.2 Å². The van der Waals surface area contributed by atoms with Crippen LogP contribution in [0, 0.1) is 0 Å². The van der Waals surface area contributed by atoms with E-state index >= 15 is 0 Å². The van der Waals surface area contributed by atoms with Gasteiger partial charge < -0.3 is 29.0 Å². The van der Waals surface area contributed by atoms with Crippen LogP contribution in [0.3, 0.4) is 0 Å². The lowest BCUT2D eigenvalue weighted by molar-refractivity contribution is 0.00500. The number of hydrogen-bond acceptors (Lipinski definition) is 6. The van der Waals surface area contributed by atoms with Gasteiger partial charge in [-0.3, -0.25) is 0 Å². The summed E-state index contributed by atoms with van der Waals surface area (Å²) in [7, 11) is 0. The van der Waals surface area contributed by atoms with E-state index in [4.69, 9.17) is 23.7 Å². The van der Waals surface area contributed by atoms with Crippen LogP contribution < -0.4 is 14.8 Å². The fraction of sp³-hybridized carbons (Fsp3) is 0.400. The van der Waals surface area contributed by atoms with Gasteiger partial charge in [0.1, 0.15) is 24.7 Å². The highest BCUT2D eigenvalue weighted by molar-refractivity contribution is 5.70. The van der Waals surface area contributed by atoms with Crippen LogP contribution >= 0.6 is 0 Å². The summed E-state index contributed by atoms with van der Waals surface area (Å²) in [5, 5.41) is 3.39. The van der Waals surface area contributed by atoms with Crippen molar-refractivity contribution in [1.82, 2.24) is 0 Å². The van der Waals surface area contributed by atoms with E-state index in [1.807, 2.05) is 48.5 Å². The Morgan fingerprint density at radius 1 is 0.500 bits per heavy atom. The monoisotopic (exact) mass is 359 g/mol. The molecule has 0 unspecified atom stereocenters. The maximum atomic E-state index is 5.86. The maximum absolute atomic E-state index is 5.86. The van der Waals surface area contributed by atoms with Gasteiger partial charge in [-0.05, 0) is 24.3 Å². The molecule has 2 aromatic rings. The second-order valence-corrected chi connectivity index (χ2v) is 5.65. The fourth-order valence-electron chi connectivity index (χ4n) is 2.50. The molecule has 6 nitrogen and oxygen atoms in total. The number of nitrogens with one attached hydrogen (secondary N) is 1. The number of fused-ring (bicyclic) bond motifs is 2. The summed E-state index contributed by atoms with van der Waals surface area (Å²) in [4.78, 5) is 0. The SMILES string of the molecule is c1ccc2c(c1)Nc1ccccc1OCCOCCOCCOCCO2. The van der Waals surface area contributed by atoms with Gasteiger partial charge in [-0.1, -0.05) is 24.3 Å². The van der Waals surface area contributed by atoms with Crippen LogP contribution in [0.2, 0.25) is 0 Å². The molecule has 26 heavy (non-hydrogen) atoms. The molecule has 0 radical (unpaired) electrons.